The highest BCUT2D eigenvalue weighted by Crippen LogP contribution is 2.13. The minimum Gasteiger partial charge on any atom is -0.449 e. The van der Waals surface area contributed by atoms with Crippen molar-refractivity contribution in [2.24, 2.45) is 5.92 Å². The van der Waals surface area contributed by atoms with Crippen molar-refractivity contribution >= 4 is 29.0 Å². The molecule has 0 aliphatic carbocycles. The van der Waals surface area contributed by atoms with E-state index in [-0.39, 0.29) is 12.1 Å². The number of hydrogen-bond donors (Lipinski definition) is 1. The highest BCUT2D eigenvalue weighted by atomic mass is 127. The molecule has 1 fully saturated rings. The summed E-state index contributed by atoms with van der Waals surface area (Å²) in [6.07, 6.45) is 1.76. The third-order valence-electron chi connectivity index (χ3n) is 2.31. The number of nitrogens with zero attached hydrogens (tertiary/aromatic N) is 1. The molecule has 1 amide bonds. The molecule has 4 nitrogen and oxygen atoms in total. The quantitative estimate of drug-likeness (QED) is 0.638. The van der Waals surface area contributed by atoms with Crippen LogP contribution in [0.5, 0.6) is 0 Å². The first-order chi connectivity index (χ1) is 7.08. The molecule has 0 aromatic heterocycles. The zero-order chi connectivity index (χ0) is 11.3. The number of carbonyl (C=O) groups is 1. The van der Waals surface area contributed by atoms with Gasteiger partial charge in [-0.15, -0.1) is 0 Å². The number of piperidine rings is 1. The first kappa shape index (κ1) is 13.0. The average Bonchev–Trinajstić information content (AvgIpc) is 2.19. The van der Waals surface area contributed by atoms with Crippen molar-refractivity contribution in [3.63, 3.8) is 0 Å². The van der Waals surface area contributed by atoms with Crippen molar-refractivity contribution in [2.75, 3.05) is 19.7 Å². The van der Waals surface area contributed by atoms with Crippen LogP contribution in [0.2, 0.25) is 0 Å². The number of carbonyl (C=O) groups excluding carboxylic acids is 1. The molecule has 1 saturated heterocycles. The van der Waals surface area contributed by atoms with Crippen LogP contribution >= 0.6 is 22.9 Å². The fourth-order valence-corrected chi connectivity index (χ4v) is 2.00. The van der Waals surface area contributed by atoms with E-state index >= 15 is 0 Å². The van der Waals surface area contributed by atoms with Crippen LogP contribution in [0.4, 0.5) is 4.79 Å². The third kappa shape index (κ3) is 5.55. The van der Waals surface area contributed by atoms with Crippen LogP contribution in [0.1, 0.15) is 26.7 Å². The van der Waals surface area contributed by atoms with Crippen molar-refractivity contribution in [2.45, 2.75) is 32.7 Å². The van der Waals surface area contributed by atoms with E-state index in [4.69, 9.17) is 4.74 Å². The van der Waals surface area contributed by atoms with Gasteiger partial charge >= 0.3 is 6.09 Å². The highest BCUT2D eigenvalue weighted by molar-refractivity contribution is 14.1. The van der Waals surface area contributed by atoms with Crippen LogP contribution in [0.3, 0.4) is 0 Å². The van der Waals surface area contributed by atoms with Gasteiger partial charge < -0.3 is 10.1 Å². The molecule has 1 heterocycles. The van der Waals surface area contributed by atoms with Crippen molar-refractivity contribution in [3.8, 4) is 0 Å². The fourth-order valence-electron chi connectivity index (χ4n) is 1.44. The molecule has 15 heavy (non-hydrogen) atoms. The molecule has 88 valence electrons. The van der Waals surface area contributed by atoms with Crippen LogP contribution < -0.4 is 5.32 Å². The number of hydrogen-bond acceptors (Lipinski definition) is 3. The maximum atomic E-state index is 11.3. The number of rotatable bonds is 3. The molecule has 1 rings (SSSR count). The molecule has 1 aliphatic rings. The van der Waals surface area contributed by atoms with Crippen molar-refractivity contribution in [1.29, 1.82) is 0 Å². The maximum absolute atomic E-state index is 11.3. The molecule has 0 aromatic carbocycles. The van der Waals surface area contributed by atoms with Gasteiger partial charge in [-0.25, -0.2) is 7.91 Å². The summed E-state index contributed by atoms with van der Waals surface area (Å²) in [4.78, 5) is 11.3. The van der Waals surface area contributed by atoms with Gasteiger partial charge in [-0.05, 0) is 18.8 Å². The van der Waals surface area contributed by atoms with Crippen molar-refractivity contribution in [3.05, 3.63) is 0 Å². The van der Waals surface area contributed by atoms with Crippen LogP contribution in [0.15, 0.2) is 0 Å². The molecule has 0 bridgehead atoms. The highest BCUT2D eigenvalue weighted by Gasteiger charge is 2.19. The lowest BCUT2D eigenvalue weighted by molar-refractivity contribution is 0.126. The Morgan fingerprint density at radius 1 is 1.53 bits per heavy atom. The maximum Gasteiger partial charge on any atom is 0.407 e. The Morgan fingerprint density at radius 3 is 2.67 bits per heavy atom. The fraction of sp³-hybridized carbons (Fsp3) is 0.900. The van der Waals surface area contributed by atoms with E-state index in [0.717, 1.165) is 25.9 Å². The number of nitrogens with one attached hydrogen (secondary N) is 1. The SMILES string of the molecule is CC(C)COC(=O)NC1CCN(I)CC1. The molecular formula is C10H19IN2O2. The Balaban J connectivity index is 2.15. The molecule has 1 aliphatic heterocycles. The van der Waals surface area contributed by atoms with Gasteiger partial charge in [0.15, 0.2) is 0 Å². The summed E-state index contributed by atoms with van der Waals surface area (Å²) in [7, 11) is 0. The van der Waals surface area contributed by atoms with Gasteiger partial charge in [-0.1, -0.05) is 13.8 Å². The minimum atomic E-state index is -0.268. The van der Waals surface area contributed by atoms with Crippen LogP contribution in [-0.4, -0.2) is 34.9 Å². The number of amides is 1. The summed E-state index contributed by atoms with van der Waals surface area (Å²) >= 11 is 2.32. The second-order valence-electron chi connectivity index (χ2n) is 4.32. The van der Waals surface area contributed by atoms with Crippen molar-refractivity contribution in [1.82, 2.24) is 8.43 Å². The van der Waals surface area contributed by atoms with Crippen molar-refractivity contribution < 1.29 is 9.53 Å². The Kier molecular flexibility index (Phi) is 5.66. The third-order valence-corrected chi connectivity index (χ3v) is 3.27. The van der Waals surface area contributed by atoms with E-state index in [1.807, 2.05) is 13.8 Å². The molecule has 0 unspecified atom stereocenters. The normalized spacial score (nSPS) is 19.2. The molecule has 0 radical (unpaired) electrons. The molecule has 0 aromatic rings. The second-order valence-corrected chi connectivity index (χ2v) is 5.69. The summed E-state index contributed by atoms with van der Waals surface area (Å²) in [6.45, 7) is 6.63. The van der Waals surface area contributed by atoms with Crippen LogP contribution in [0, 0.1) is 5.92 Å². The Hall–Kier alpha value is -0.0400. The molecule has 0 spiro atoms. The van der Waals surface area contributed by atoms with Gasteiger partial charge in [0.1, 0.15) is 0 Å². The first-order valence-electron chi connectivity index (χ1n) is 5.42. The van der Waals surface area contributed by atoms with E-state index in [1.54, 1.807) is 0 Å². The van der Waals surface area contributed by atoms with Crippen LogP contribution in [-0.2, 0) is 4.74 Å². The second kappa shape index (κ2) is 6.52. The van der Waals surface area contributed by atoms with Gasteiger partial charge in [0.2, 0.25) is 0 Å². The smallest absolute Gasteiger partial charge is 0.407 e. The largest absolute Gasteiger partial charge is 0.449 e. The van der Waals surface area contributed by atoms with Gasteiger partial charge in [-0.3, -0.25) is 0 Å². The molecule has 1 N–H and O–H groups in total. The summed E-state index contributed by atoms with van der Waals surface area (Å²) in [6, 6.07) is 0.288. The topological polar surface area (TPSA) is 41.6 Å². The van der Waals surface area contributed by atoms with Crippen LogP contribution in [0.25, 0.3) is 0 Å². The van der Waals surface area contributed by atoms with Gasteiger partial charge in [-0.2, -0.15) is 0 Å². The Bertz CT molecular complexity index is 204. The summed E-state index contributed by atoms with van der Waals surface area (Å²) in [5, 5.41) is 2.90. The lowest BCUT2D eigenvalue weighted by Gasteiger charge is -2.27. The summed E-state index contributed by atoms with van der Waals surface area (Å²) in [5.41, 5.74) is 0. The number of ether oxygens (including phenoxy) is 1. The predicted octanol–water partition coefficient (Wildman–Crippen LogP) is 2.18. The molecule has 0 atom stereocenters. The van der Waals surface area contributed by atoms with E-state index in [0.29, 0.717) is 12.5 Å². The first-order valence-corrected chi connectivity index (χ1v) is 6.38. The average molecular weight is 326 g/mol. The minimum absolute atomic E-state index is 0.268. The zero-order valence-corrected chi connectivity index (χ0v) is 11.5. The van der Waals surface area contributed by atoms with E-state index in [2.05, 4.69) is 31.3 Å². The number of alkyl carbamates (subject to hydrolysis) is 1. The summed E-state index contributed by atoms with van der Waals surface area (Å²) in [5.74, 6) is 0.395. The van der Waals surface area contributed by atoms with E-state index in [1.165, 1.54) is 0 Å². The van der Waals surface area contributed by atoms with Gasteiger partial charge in [0, 0.05) is 42.0 Å². The van der Waals surface area contributed by atoms with Gasteiger partial charge in [0.05, 0.1) is 6.61 Å². The van der Waals surface area contributed by atoms with E-state index in [9.17, 15) is 4.79 Å². The molecule has 0 saturated carbocycles. The molecular weight excluding hydrogens is 307 g/mol. The lowest BCUT2D eigenvalue weighted by Crippen LogP contribution is -2.42. The Labute approximate surface area is 105 Å². The van der Waals surface area contributed by atoms with E-state index < -0.39 is 0 Å². The zero-order valence-electron chi connectivity index (χ0n) is 9.33. The summed E-state index contributed by atoms with van der Waals surface area (Å²) < 4.78 is 7.31. The standard InChI is InChI=1S/C10H19IN2O2/c1-8(2)7-15-10(14)12-9-3-5-13(11)6-4-9/h8-9H,3-7H2,1-2H3,(H,12,14). The van der Waals surface area contributed by atoms with Gasteiger partial charge in [0.25, 0.3) is 0 Å². The Morgan fingerprint density at radius 2 is 2.13 bits per heavy atom. The lowest BCUT2D eigenvalue weighted by atomic mass is 10.1. The number of halogens is 1. The monoisotopic (exact) mass is 326 g/mol. The predicted molar refractivity (Wildman–Crippen MR) is 67.9 cm³/mol. The molecule has 5 heteroatoms.